The van der Waals surface area contributed by atoms with Crippen LogP contribution in [-0.2, 0) is 16.0 Å². The Bertz CT molecular complexity index is 1020. The van der Waals surface area contributed by atoms with Gasteiger partial charge in [0.25, 0.3) is 0 Å². The molecular weight excluding hydrogens is 402 g/mol. The van der Waals surface area contributed by atoms with E-state index in [-0.39, 0.29) is 18.4 Å². The molecule has 0 aromatic heterocycles. The van der Waals surface area contributed by atoms with Crippen molar-refractivity contribution in [2.75, 3.05) is 29.1 Å². The van der Waals surface area contributed by atoms with Gasteiger partial charge in [0.05, 0.1) is 13.2 Å². The van der Waals surface area contributed by atoms with E-state index >= 15 is 0 Å². The number of anilines is 3. The van der Waals surface area contributed by atoms with Gasteiger partial charge in [0, 0.05) is 36.0 Å². The van der Waals surface area contributed by atoms with E-state index in [4.69, 9.17) is 4.74 Å². The van der Waals surface area contributed by atoms with E-state index in [1.54, 1.807) is 24.3 Å². The minimum atomic E-state index is -0.183. The van der Waals surface area contributed by atoms with Gasteiger partial charge in [-0.2, -0.15) is 0 Å². The first kappa shape index (κ1) is 22.9. The fourth-order valence-electron chi connectivity index (χ4n) is 3.14. The Kier molecular flexibility index (Phi) is 8.69. The Balaban J connectivity index is 1.45. The van der Waals surface area contributed by atoms with Crippen molar-refractivity contribution in [1.82, 2.24) is 0 Å². The number of carbonyl (C=O) groups is 2. The molecule has 0 heterocycles. The van der Waals surface area contributed by atoms with Gasteiger partial charge in [-0.25, -0.2) is 0 Å². The lowest BCUT2D eigenvalue weighted by atomic mass is 10.2. The number of hydrogen-bond donors (Lipinski definition) is 3. The molecule has 0 atom stereocenters. The molecule has 32 heavy (non-hydrogen) atoms. The summed E-state index contributed by atoms with van der Waals surface area (Å²) >= 11 is 0. The maximum atomic E-state index is 12.3. The lowest BCUT2D eigenvalue weighted by Crippen LogP contribution is -2.21. The molecule has 2 amide bonds. The quantitative estimate of drug-likeness (QED) is 0.395. The summed E-state index contributed by atoms with van der Waals surface area (Å²) in [4.78, 5) is 24.1. The molecule has 0 bridgehead atoms. The molecule has 0 aliphatic heterocycles. The lowest BCUT2D eigenvalue weighted by Gasteiger charge is -2.11. The van der Waals surface area contributed by atoms with Gasteiger partial charge in [0.15, 0.2) is 0 Å². The van der Waals surface area contributed by atoms with Crippen LogP contribution in [0, 0.1) is 0 Å². The molecule has 3 aromatic rings. The van der Waals surface area contributed by atoms with Crippen LogP contribution in [0.25, 0.3) is 0 Å². The zero-order valence-electron chi connectivity index (χ0n) is 18.3. The molecule has 0 fully saturated rings. The zero-order chi connectivity index (χ0) is 22.6. The molecule has 6 nitrogen and oxygen atoms in total. The largest absolute Gasteiger partial charge is 0.493 e. The van der Waals surface area contributed by atoms with Crippen molar-refractivity contribution >= 4 is 28.9 Å². The van der Waals surface area contributed by atoms with Gasteiger partial charge in [-0.3, -0.25) is 9.59 Å². The third-order valence-electron chi connectivity index (χ3n) is 4.70. The predicted molar refractivity (Wildman–Crippen MR) is 129 cm³/mol. The smallest absolute Gasteiger partial charge is 0.243 e. The van der Waals surface area contributed by atoms with E-state index in [0.29, 0.717) is 24.4 Å². The highest BCUT2D eigenvalue weighted by molar-refractivity contribution is 5.95. The summed E-state index contributed by atoms with van der Waals surface area (Å²) in [6.45, 7) is 2.65. The topological polar surface area (TPSA) is 79.5 Å². The number of benzene rings is 3. The normalized spacial score (nSPS) is 10.3. The van der Waals surface area contributed by atoms with E-state index in [0.717, 1.165) is 24.3 Å². The third-order valence-corrected chi connectivity index (χ3v) is 4.70. The van der Waals surface area contributed by atoms with E-state index in [2.05, 4.69) is 28.1 Å². The molecule has 0 aliphatic carbocycles. The Hall–Kier alpha value is -3.80. The minimum Gasteiger partial charge on any atom is -0.493 e. The van der Waals surface area contributed by atoms with Gasteiger partial charge in [-0.05, 0) is 42.3 Å². The van der Waals surface area contributed by atoms with Crippen molar-refractivity contribution in [3.8, 4) is 5.75 Å². The lowest BCUT2D eigenvalue weighted by molar-refractivity contribution is -0.116. The standard InChI is InChI=1S/C26H29N3O3/c1-2-8-25(30)28-22-12-6-13-23(17-22)29-26(31)19-27-21-11-7-14-24(18-21)32-16-15-20-9-4-3-5-10-20/h3-7,9-14,17-18,27H,2,8,15-16,19H2,1H3,(H,28,30)(H,29,31). The van der Waals surface area contributed by atoms with Crippen molar-refractivity contribution < 1.29 is 14.3 Å². The molecular formula is C26H29N3O3. The highest BCUT2D eigenvalue weighted by Gasteiger charge is 2.06. The molecule has 0 unspecified atom stereocenters. The number of amides is 2. The van der Waals surface area contributed by atoms with Crippen molar-refractivity contribution in [1.29, 1.82) is 0 Å². The number of carbonyl (C=O) groups excluding carboxylic acids is 2. The van der Waals surface area contributed by atoms with Crippen LogP contribution >= 0.6 is 0 Å². The van der Waals surface area contributed by atoms with Crippen molar-refractivity contribution in [3.05, 3.63) is 84.4 Å². The van der Waals surface area contributed by atoms with E-state index in [1.807, 2.05) is 49.4 Å². The summed E-state index contributed by atoms with van der Waals surface area (Å²) in [7, 11) is 0. The summed E-state index contributed by atoms with van der Waals surface area (Å²) in [6.07, 6.45) is 2.08. The van der Waals surface area contributed by atoms with Gasteiger partial charge >= 0.3 is 0 Å². The molecule has 3 rings (SSSR count). The maximum absolute atomic E-state index is 12.3. The first-order valence-corrected chi connectivity index (χ1v) is 10.8. The van der Waals surface area contributed by atoms with Crippen molar-refractivity contribution in [2.24, 2.45) is 0 Å². The Morgan fingerprint density at radius 1 is 0.781 bits per heavy atom. The van der Waals surface area contributed by atoms with Crippen LogP contribution in [0.15, 0.2) is 78.9 Å². The summed E-state index contributed by atoms with van der Waals surface area (Å²) in [6, 6.07) is 24.9. The van der Waals surface area contributed by atoms with Crippen LogP contribution in [0.5, 0.6) is 5.75 Å². The molecule has 3 N–H and O–H groups in total. The van der Waals surface area contributed by atoms with E-state index in [1.165, 1.54) is 5.56 Å². The van der Waals surface area contributed by atoms with Crippen LogP contribution in [0.1, 0.15) is 25.3 Å². The molecule has 0 saturated carbocycles. The van der Waals surface area contributed by atoms with Crippen LogP contribution in [0.4, 0.5) is 17.1 Å². The average Bonchev–Trinajstić information content (AvgIpc) is 2.79. The minimum absolute atomic E-state index is 0.0384. The number of hydrogen-bond acceptors (Lipinski definition) is 4. The summed E-state index contributed by atoms with van der Waals surface area (Å²) in [5, 5.41) is 8.78. The second-order valence-corrected chi connectivity index (χ2v) is 7.39. The summed E-state index contributed by atoms with van der Waals surface area (Å²) in [5.41, 5.74) is 3.32. The van der Waals surface area contributed by atoms with Gasteiger partial charge in [0.1, 0.15) is 5.75 Å². The highest BCUT2D eigenvalue weighted by Crippen LogP contribution is 2.18. The second-order valence-electron chi connectivity index (χ2n) is 7.39. The Labute approximate surface area is 189 Å². The number of nitrogens with one attached hydrogen (secondary N) is 3. The van der Waals surface area contributed by atoms with Crippen LogP contribution in [0.2, 0.25) is 0 Å². The maximum Gasteiger partial charge on any atom is 0.243 e. The monoisotopic (exact) mass is 431 g/mol. The van der Waals surface area contributed by atoms with Gasteiger partial charge in [-0.15, -0.1) is 0 Å². The predicted octanol–water partition coefficient (Wildman–Crippen LogP) is 5.10. The van der Waals surface area contributed by atoms with Gasteiger partial charge in [0.2, 0.25) is 11.8 Å². The molecule has 0 radical (unpaired) electrons. The molecule has 0 spiro atoms. The second kappa shape index (κ2) is 12.2. The number of ether oxygens (including phenoxy) is 1. The van der Waals surface area contributed by atoms with Gasteiger partial charge < -0.3 is 20.7 Å². The van der Waals surface area contributed by atoms with Crippen molar-refractivity contribution in [2.45, 2.75) is 26.2 Å². The summed E-state index contributed by atoms with van der Waals surface area (Å²) < 4.78 is 5.84. The Morgan fingerprint density at radius 3 is 2.22 bits per heavy atom. The zero-order valence-corrected chi connectivity index (χ0v) is 18.3. The molecule has 0 aliphatic rings. The fraction of sp³-hybridized carbons (Fsp3) is 0.231. The van der Waals surface area contributed by atoms with Crippen LogP contribution in [0.3, 0.4) is 0 Å². The molecule has 3 aromatic carbocycles. The van der Waals surface area contributed by atoms with Crippen LogP contribution in [-0.4, -0.2) is 25.0 Å². The van der Waals surface area contributed by atoms with E-state index < -0.39 is 0 Å². The SMILES string of the molecule is CCCC(=O)Nc1cccc(NC(=O)CNc2cccc(OCCc3ccccc3)c2)c1. The number of rotatable bonds is 11. The van der Waals surface area contributed by atoms with Gasteiger partial charge in [-0.1, -0.05) is 49.4 Å². The van der Waals surface area contributed by atoms with Crippen molar-refractivity contribution in [3.63, 3.8) is 0 Å². The molecule has 166 valence electrons. The fourth-order valence-corrected chi connectivity index (χ4v) is 3.14. The van der Waals surface area contributed by atoms with Crippen LogP contribution < -0.4 is 20.7 Å². The average molecular weight is 432 g/mol. The third kappa shape index (κ3) is 7.80. The van der Waals surface area contributed by atoms with E-state index in [9.17, 15) is 9.59 Å². The molecule has 6 heteroatoms. The highest BCUT2D eigenvalue weighted by atomic mass is 16.5. The Morgan fingerprint density at radius 2 is 1.47 bits per heavy atom. The first-order valence-electron chi connectivity index (χ1n) is 10.8. The molecule has 0 saturated heterocycles. The first-order chi connectivity index (χ1) is 15.6. The summed E-state index contributed by atoms with van der Waals surface area (Å²) in [5.74, 6) is 0.530.